The topological polar surface area (TPSA) is 57.6 Å². The third-order valence-corrected chi connectivity index (χ3v) is 6.32. The lowest BCUT2D eigenvalue weighted by molar-refractivity contribution is -0.136. The molecule has 0 aliphatic carbocycles. The van der Waals surface area contributed by atoms with E-state index in [1.807, 2.05) is 79.7 Å². The predicted octanol–water partition coefficient (Wildman–Crippen LogP) is 5.16. The fourth-order valence-corrected chi connectivity index (χ4v) is 4.49. The van der Waals surface area contributed by atoms with Crippen molar-refractivity contribution in [3.63, 3.8) is 0 Å². The maximum atomic E-state index is 13.5. The van der Waals surface area contributed by atoms with Crippen LogP contribution in [0.15, 0.2) is 91.0 Å². The third kappa shape index (κ3) is 3.29. The number of hydrogen-bond acceptors (Lipinski definition) is 3. The summed E-state index contributed by atoms with van der Waals surface area (Å²) in [5, 5.41) is 13.5. The van der Waals surface area contributed by atoms with Crippen LogP contribution in [0, 0.1) is 6.92 Å². The van der Waals surface area contributed by atoms with Gasteiger partial charge in [-0.25, -0.2) is 0 Å². The Morgan fingerprint density at radius 3 is 2.38 bits per heavy atom. The molecule has 0 unspecified atom stereocenters. The van der Waals surface area contributed by atoms with Crippen LogP contribution in [-0.2, 0) is 16.9 Å². The number of amides is 1. The highest BCUT2D eigenvalue weighted by atomic mass is 16.3. The number of carbonyl (C=O) groups excluding carboxylic acids is 2. The van der Waals surface area contributed by atoms with E-state index in [2.05, 4.69) is 0 Å². The van der Waals surface area contributed by atoms with Gasteiger partial charge in [-0.2, -0.15) is 0 Å². The van der Waals surface area contributed by atoms with Crippen LogP contribution in [0.4, 0.5) is 5.69 Å². The fourth-order valence-electron chi connectivity index (χ4n) is 4.49. The summed E-state index contributed by atoms with van der Waals surface area (Å²) >= 11 is 0. The number of aryl methyl sites for hydroxylation is 1. The number of hydrogen-bond donors (Lipinski definition) is 1. The molecule has 0 fully saturated rings. The Kier molecular flexibility index (Phi) is 4.87. The van der Waals surface area contributed by atoms with Gasteiger partial charge >= 0.3 is 0 Å². The molecule has 4 aromatic rings. The number of ketones is 1. The van der Waals surface area contributed by atoms with Crippen molar-refractivity contribution >= 4 is 28.2 Å². The second-order valence-electron chi connectivity index (χ2n) is 8.36. The molecule has 4 heteroatoms. The first-order valence-electron chi connectivity index (χ1n) is 10.7. The van der Waals surface area contributed by atoms with Crippen LogP contribution < -0.4 is 4.90 Å². The van der Waals surface area contributed by atoms with E-state index in [4.69, 9.17) is 0 Å². The number of anilines is 1. The lowest BCUT2D eigenvalue weighted by Crippen LogP contribution is -2.41. The normalized spacial score (nSPS) is 17.6. The second kappa shape index (κ2) is 7.74. The molecular formula is C28H23NO3. The SMILES string of the molecule is Cc1ccccc1CN1C(=O)[C@](O)(CC(=O)c2ccc3ccccc3c2)c2ccccc21. The summed E-state index contributed by atoms with van der Waals surface area (Å²) in [6.07, 6.45) is -0.300. The summed E-state index contributed by atoms with van der Waals surface area (Å²) < 4.78 is 0. The Balaban J connectivity index is 1.49. The molecule has 4 nitrogen and oxygen atoms in total. The van der Waals surface area contributed by atoms with Gasteiger partial charge in [0.1, 0.15) is 0 Å². The van der Waals surface area contributed by atoms with E-state index in [0.29, 0.717) is 23.4 Å². The van der Waals surface area contributed by atoms with Gasteiger partial charge in [0, 0.05) is 11.1 Å². The van der Waals surface area contributed by atoms with Crippen LogP contribution in [0.3, 0.4) is 0 Å². The van der Waals surface area contributed by atoms with E-state index >= 15 is 0 Å². The van der Waals surface area contributed by atoms with Crippen molar-refractivity contribution in [1.29, 1.82) is 0 Å². The maximum Gasteiger partial charge on any atom is 0.264 e. The number of Topliss-reactive ketones (excluding diaryl/α,β-unsaturated/α-hetero) is 1. The van der Waals surface area contributed by atoms with E-state index in [9.17, 15) is 14.7 Å². The molecule has 32 heavy (non-hydrogen) atoms. The Morgan fingerprint density at radius 1 is 0.875 bits per heavy atom. The van der Waals surface area contributed by atoms with Crippen molar-refractivity contribution in [1.82, 2.24) is 0 Å². The standard InChI is InChI=1S/C28H23NO3/c1-19-8-2-3-11-23(19)18-29-25-13-7-6-12-24(25)28(32,27(29)31)17-26(30)22-15-14-20-9-4-5-10-21(20)16-22/h2-16,32H,17-18H2,1H3/t28-/m0/s1. The van der Waals surface area contributed by atoms with E-state index in [-0.39, 0.29) is 12.2 Å². The molecule has 0 saturated carbocycles. The smallest absolute Gasteiger partial charge is 0.264 e. The van der Waals surface area contributed by atoms with Crippen LogP contribution in [0.5, 0.6) is 0 Å². The minimum atomic E-state index is -1.89. The number of fused-ring (bicyclic) bond motifs is 2. The molecule has 0 bridgehead atoms. The molecule has 0 aromatic heterocycles. The van der Waals surface area contributed by atoms with E-state index in [0.717, 1.165) is 21.9 Å². The van der Waals surface area contributed by atoms with Crippen molar-refractivity contribution in [2.45, 2.75) is 25.5 Å². The molecule has 0 spiro atoms. The first-order chi connectivity index (χ1) is 15.5. The van der Waals surface area contributed by atoms with Gasteiger partial charge in [0.2, 0.25) is 0 Å². The number of rotatable bonds is 5. The van der Waals surface area contributed by atoms with Crippen LogP contribution in [0.2, 0.25) is 0 Å². The monoisotopic (exact) mass is 421 g/mol. The molecule has 1 N–H and O–H groups in total. The van der Waals surface area contributed by atoms with Gasteiger partial charge in [-0.05, 0) is 41.0 Å². The lowest BCUT2D eigenvalue weighted by Gasteiger charge is -2.23. The Bertz CT molecular complexity index is 1360. The van der Waals surface area contributed by atoms with Gasteiger partial charge < -0.3 is 10.0 Å². The summed E-state index contributed by atoms with van der Waals surface area (Å²) in [5.74, 6) is -0.727. The zero-order valence-electron chi connectivity index (χ0n) is 17.8. The Hall–Kier alpha value is -3.76. The Labute approximate surface area is 186 Å². The molecule has 1 heterocycles. The summed E-state index contributed by atoms with van der Waals surface area (Å²) in [7, 11) is 0. The highest BCUT2D eigenvalue weighted by molar-refractivity contribution is 6.11. The summed E-state index contributed by atoms with van der Waals surface area (Å²) in [6, 6.07) is 28.3. The molecule has 1 aliphatic heterocycles. The third-order valence-electron chi connectivity index (χ3n) is 6.32. The molecule has 0 radical (unpaired) electrons. The molecule has 1 amide bonds. The van der Waals surface area contributed by atoms with Gasteiger partial charge in [0.25, 0.3) is 5.91 Å². The van der Waals surface area contributed by atoms with Crippen molar-refractivity contribution in [3.8, 4) is 0 Å². The molecule has 158 valence electrons. The Morgan fingerprint density at radius 2 is 1.56 bits per heavy atom. The van der Waals surface area contributed by atoms with Gasteiger partial charge in [0.15, 0.2) is 11.4 Å². The number of nitrogens with zero attached hydrogens (tertiary/aromatic N) is 1. The van der Waals surface area contributed by atoms with Crippen LogP contribution in [0.1, 0.15) is 33.5 Å². The first kappa shape index (κ1) is 20.2. The number of aliphatic hydroxyl groups is 1. The van der Waals surface area contributed by atoms with Gasteiger partial charge in [-0.15, -0.1) is 0 Å². The highest BCUT2D eigenvalue weighted by Crippen LogP contribution is 2.43. The van der Waals surface area contributed by atoms with E-state index in [1.165, 1.54) is 0 Å². The predicted molar refractivity (Wildman–Crippen MR) is 126 cm³/mol. The highest BCUT2D eigenvalue weighted by Gasteiger charge is 2.50. The molecular weight excluding hydrogens is 398 g/mol. The fraction of sp³-hybridized carbons (Fsp3) is 0.143. The van der Waals surface area contributed by atoms with Gasteiger partial charge in [-0.1, -0.05) is 78.9 Å². The average Bonchev–Trinajstić information content (AvgIpc) is 3.02. The minimum Gasteiger partial charge on any atom is -0.375 e. The molecule has 5 rings (SSSR count). The summed E-state index contributed by atoms with van der Waals surface area (Å²) in [6.45, 7) is 2.34. The van der Waals surface area contributed by atoms with E-state index < -0.39 is 11.5 Å². The molecule has 0 saturated heterocycles. The van der Waals surface area contributed by atoms with Crippen molar-refractivity contribution in [2.75, 3.05) is 4.90 Å². The quantitative estimate of drug-likeness (QED) is 0.453. The van der Waals surface area contributed by atoms with Crippen molar-refractivity contribution in [3.05, 3.63) is 113 Å². The van der Waals surface area contributed by atoms with Crippen molar-refractivity contribution < 1.29 is 14.7 Å². The molecule has 1 aliphatic rings. The van der Waals surface area contributed by atoms with Gasteiger partial charge in [-0.3, -0.25) is 9.59 Å². The molecule has 4 aromatic carbocycles. The summed E-state index contributed by atoms with van der Waals surface area (Å²) in [4.78, 5) is 28.3. The lowest BCUT2D eigenvalue weighted by atomic mass is 9.87. The summed E-state index contributed by atoms with van der Waals surface area (Å²) in [5.41, 5.74) is 1.80. The first-order valence-corrected chi connectivity index (χ1v) is 10.7. The van der Waals surface area contributed by atoms with Crippen LogP contribution in [0.25, 0.3) is 10.8 Å². The zero-order valence-corrected chi connectivity index (χ0v) is 17.8. The zero-order chi connectivity index (χ0) is 22.3. The number of para-hydroxylation sites is 1. The molecule has 1 atom stereocenters. The maximum absolute atomic E-state index is 13.5. The average molecular weight is 421 g/mol. The van der Waals surface area contributed by atoms with E-state index in [1.54, 1.807) is 23.1 Å². The number of carbonyl (C=O) groups is 2. The van der Waals surface area contributed by atoms with Crippen molar-refractivity contribution in [2.24, 2.45) is 0 Å². The minimum absolute atomic E-state index is 0.265. The second-order valence-corrected chi connectivity index (χ2v) is 8.36. The van der Waals surface area contributed by atoms with Gasteiger partial charge in [0.05, 0.1) is 18.7 Å². The van der Waals surface area contributed by atoms with Crippen LogP contribution in [-0.4, -0.2) is 16.8 Å². The largest absolute Gasteiger partial charge is 0.375 e. The number of benzene rings is 4. The van der Waals surface area contributed by atoms with Crippen LogP contribution >= 0.6 is 0 Å².